The van der Waals surface area contributed by atoms with Crippen LogP contribution in [0.3, 0.4) is 0 Å². The molecule has 0 spiro atoms. The number of nitrogens with zero attached hydrogens (tertiary/aromatic N) is 1. The first-order valence-corrected chi connectivity index (χ1v) is 7.62. The maximum atomic E-state index is 6.43. The number of quaternary nitrogens is 1. The highest BCUT2D eigenvalue weighted by Crippen LogP contribution is 2.28. The fourth-order valence-electron chi connectivity index (χ4n) is 4.34. The van der Waals surface area contributed by atoms with Crippen molar-refractivity contribution in [2.24, 2.45) is 5.73 Å². The van der Waals surface area contributed by atoms with Gasteiger partial charge in [0.25, 0.3) is 5.84 Å². The molecule has 3 rings (SSSR count). The van der Waals surface area contributed by atoms with E-state index in [-0.39, 0.29) is 11.1 Å². The Kier molecular flexibility index (Phi) is 2.94. The van der Waals surface area contributed by atoms with E-state index in [2.05, 4.69) is 61.9 Å². The fraction of sp³-hybridized carbons (Fsp3) is 0.588. The summed E-state index contributed by atoms with van der Waals surface area (Å²) < 4.78 is 2.43. The summed E-state index contributed by atoms with van der Waals surface area (Å²) >= 11 is 0. The van der Waals surface area contributed by atoms with Gasteiger partial charge in [-0.05, 0) is 33.8 Å². The number of hydrogen-bond donors (Lipinski definition) is 2. The molecule has 0 aliphatic carbocycles. The second-order valence-electron chi connectivity index (χ2n) is 7.85. The standard InChI is InChI=1S/C17H25N3/c1-16(2)9-13(10-17(3,4)19-16)20-11-12-7-5-6-8-14(12)15(20)18/h5-8,13,18-19H,9-11H2,1-4H3/p+2. The van der Waals surface area contributed by atoms with Crippen LogP contribution in [0.15, 0.2) is 24.3 Å². The maximum Gasteiger partial charge on any atom is 0.275 e. The summed E-state index contributed by atoms with van der Waals surface area (Å²) in [6.07, 6.45) is 2.37. The molecule has 1 fully saturated rings. The van der Waals surface area contributed by atoms with Crippen molar-refractivity contribution in [3.63, 3.8) is 0 Å². The summed E-state index contributed by atoms with van der Waals surface area (Å²) in [5.74, 6) is 0.971. The Morgan fingerprint density at radius 2 is 1.70 bits per heavy atom. The summed E-state index contributed by atoms with van der Waals surface area (Å²) in [5, 5.41) is 2.52. The lowest BCUT2D eigenvalue weighted by molar-refractivity contribution is -0.801. The van der Waals surface area contributed by atoms with Crippen molar-refractivity contribution in [3.8, 4) is 0 Å². The smallest absolute Gasteiger partial charge is 0.275 e. The third kappa shape index (κ3) is 2.35. The van der Waals surface area contributed by atoms with Crippen molar-refractivity contribution < 1.29 is 9.89 Å². The van der Waals surface area contributed by atoms with E-state index in [1.165, 1.54) is 24.0 Å². The van der Waals surface area contributed by atoms with Gasteiger partial charge in [0, 0.05) is 18.4 Å². The van der Waals surface area contributed by atoms with Gasteiger partial charge >= 0.3 is 0 Å². The summed E-state index contributed by atoms with van der Waals surface area (Å²) in [6.45, 7) is 10.4. The van der Waals surface area contributed by atoms with Crippen LogP contribution in [0, 0.1) is 0 Å². The van der Waals surface area contributed by atoms with Crippen molar-refractivity contribution in [1.29, 1.82) is 0 Å². The molecule has 0 aromatic heterocycles. The molecular formula is C17H27N3+2. The molecule has 4 N–H and O–H groups in total. The van der Waals surface area contributed by atoms with Crippen LogP contribution in [0.1, 0.15) is 51.7 Å². The molecule has 0 amide bonds. The van der Waals surface area contributed by atoms with Crippen LogP contribution >= 0.6 is 0 Å². The molecule has 2 heterocycles. The number of piperidine rings is 1. The molecule has 1 aromatic carbocycles. The average molecular weight is 273 g/mol. The second kappa shape index (κ2) is 4.32. The zero-order chi connectivity index (χ0) is 14.5. The van der Waals surface area contributed by atoms with E-state index in [1.54, 1.807) is 0 Å². The molecule has 0 atom stereocenters. The zero-order valence-corrected chi connectivity index (χ0v) is 13.1. The molecule has 0 unspecified atom stereocenters. The van der Waals surface area contributed by atoms with E-state index in [0.717, 1.165) is 12.4 Å². The van der Waals surface area contributed by atoms with Gasteiger partial charge in [0.1, 0.15) is 12.6 Å². The predicted octanol–water partition coefficient (Wildman–Crippen LogP) is 1.20. The van der Waals surface area contributed by atoms with Gasteiger partial charge in [0.15, 0.2) is 0 Å². The Bertz CT molecular complexity index is 553. The molecule has 108 valence electrons. The molecule has 3 nitrogen and oxygen atoms in total. The molecule has 0 bridgehead atoms. The molecule has 2 aliphatic rings. The Morgan fingerprint density at radius 3 is 2.30 bits per heavy atom. The minimum absolute atomic E-state index is 0.279. The average Bonchev–Trinajstić information content (AvgIpc) is 2.64. The maximum absolute atomic E-state index is 6.43. The number of amidine groups is 1. The SMILES string of the molecule is CC1(C)CC([N+]2=C(N)c3ccccc3C2)CC(C)(C)[NH2+]1. The van der Waals surface area contributed by atoms with Crippen molar-refractivity contribution in [1.82, 2.24) is 0 Å². The lowest BCUT2D eigenvalue weighted by Crippen LogP contribution is -3.06. The Hall–Kier alpha value is -1.35. The van der Waals surface area contributed by atoms with Crippen molar-refractivity contribution in [3.05, 3.63) is 35.4 Å². The van der Waals surface area contributed by atoms with Crippen LogP contribution in [0.5, 0.6) is 0 Å². The van der Waals surface area contributed by atoms with E-state index in [1.807, 2.05) is 0 Å². The van der Waals surface area contributed by atoms with E-state index in [0.29, 0.717) is 6.04 Å². The molecule has 1 saturated heterocycles. The molecular weight excluding hydrogens is 246 g/mol. The fourth-order valence-corrected chi connectivity index (χ4v) is 4.34. The number of hydrogen-bond acceptors (Lipinski definition) is 1. The Morgan fingerprint density at radius 1 is 1.10 bits per heavy atom. The normalized spacial score (nSPS) is 24.8. The van der Waals surface area contributed by atoms with Gasteiger partial charge in [-0.25, -0.2) is 0 Å². The Labute approximate surface area is 121 Å². The van der Waals surface area contributed by atoms with Gasteiger partial charge in [-0.1, -0.05) is 18.2 Å². The lowest BCUT2D eigenvalue weighted by atomic mass is 9.79. The zero-order valence-electron chi connectivity index (χ0n) is 13.1. The highest BCUT2D eigenvalue weighted by molar-refractivity contribution is 5.96. The third-order valence-corrected chi connectivity index (χ3v) is 4.69. The molecule has 2 aliphatic heterocycles. The first-order valence-electron chi connectivity index (χ1n) is 7.62. The molecule has 0 saturated carbocycles. The summed E-state index contributed by atoms with van der Waals surface area (Å²) in [7, 11) is 0. The molecule has 1 aromatic rings. The van der Waals surface area contributed by atoms with E-state index in [9.17, 15) is 0 Å². The monoisotopic (exact) mass is 273 g/mol. The predicted molar refractivity (Wildman–Crippen MR) is 81.8 cm³/mol. The van der Waals surface area contributed by atoms with Gasteiger partial charge in [0.05, 0.1) is 16.6 Å². The second-order valence-corrected chi connectivity index (χ2v) is 7.85. The van der Waals surface area contributed by atoms with Gasteiger partial charge in [-0.15, -0.1) is 0 Å². The number of benzene rings is 1. The quantitative estimate of drug-likeness (QED) is 0.742. The van der Waals surface area contributed by atoms with Crippen molar-refractivity contribution in [2.45, 2.75) is 64.2 Å². The Balaban J connectivity index is 1.93. The van der Waals surface area contributed by atoms with Crippen LogP contribution in [0.25, 0.3) is 0 Å². The van der Waals surface area contributed by atoms with Gasteiger partial charge in [0.2, 0.25) is 0 Å². The highest BCUT2D eigenvalue weighted by atomic mass is 15.2. The van der Waals surface area contributed by atoms with Gasteiger partial charge in [-0.3, -0.25) is 10.3 Å². The van der Waals surface area contributed by atoms with Crippen LogP contribution < -0.4 is 11.1 Å². The summed E-state index contributed by atoms with van der Waals surface area (Å²) in [4.78, 5) is 0. The molecule has 20 heavy (non-hydrogen) atoms. The molecule has 3 heteroatoms. The highest BCUT2D eigenvalue weighted by Gasteiger charge is 2.46. The largest absolute Gasteiger partial charge is 0.337 e. The van der Waals surface area contributed by atoms with Crippen LogP contribution in [-0.2, 0) is 6.54 Å². The number of rotatable bonds is 1. The number of nitrogens with two attached hydrogens (primary N) is 2. The van der Waals surface area contributed by atoms with Crippen molar-refractivity contribution in [2.75, 3.05) is 0 Å². The van der Waals surface area contributed by atoms with E-state index >= 15 is 0 Å². The topological polar surface area (TPSA) is 45.6 Å². The number of fused-ring (bicyclic) bond motifs is 1. The van der Waals surface area contributed by atoms with E-state index in [4.69, 9.17) is 5.73 Å². The van der Waals surface area contributed by atoms with Crippen LogP contribution in [0.2, 0.25) is 0 Å². The van der Waals surface area contributed by atoms with Gasteiger partial charge in [-0.2, -0.15) is 0 Å². The third-order valence-electron chi connectivity index (χ3n) is 4.69. The summed E-state index contributed by atoms with van der Waals surface area (Å²) in [6, 6.07) is 9.08. The first-order chi connectivity index (χ1) is 9.27. The van der Waals surface area contributed by atoms with Crippen LogP contribution in [-0.4, -0.2) is 27.5 Å². The van der Waals surface area contributed by atoms with E-state index < -0.39 is 0 Å². The lowest BCUT2D eigenvalue weighted by Gasteiger charge is -2.42. The summed E-state index contributed by atoms with van der Waals surface area (Å²) in [5.41, 5.74) is 9.59. The van der Waals surface area contributed by atoms with Gasteiger partial charge < -0.3 is 5.32 Å². The first kappa shape index (κ1) is 13.6. The van der Waals surface area contributed by atoms with Crippen LogP contribution in [0.4, 0.5) is 0 Å². The molecule has 0 radical (unpaired) electrons. The minimum Gasteiger partial charge on any atom is -0.337 e. The van der Waals surface area contributed by atoms with Crippen molar-refractivity contribution >= 4 is 5.84 Å². The minimum atomic E-state index is 0.279.